The Kier molecular flexibility index (Phi) is 6.16. The number of carboxylic acids is 1. The second kappa shape index (κ2) is 7.72. The lowest BCUT2D eigenvalue weighted by Crippen LogP contribution is -2.36. The van der Waals surface area contributed by atoms with E-state index in [2.05, 4.69) is 10.3 Å². The highest BCUT2D eigenvalue weighted by Crippen LogP contribution is 2.06. The molecule has 0 saturated heterocycles. The Morgan fingerprint density at radius 1 is 1.59 bits per heavy atom. The number of imidazole rings is 1. The van der Waals surface area contributed by atoms with Gasteiger partial charge in [-0.3, -0.25) is 4.79 Å². The minimum Gasteiger partial charge on any atom is -0.480 e. The number of nitrogens with zero attached hydrogens (tertiary/aromatic N) is 2. The van der Waals surface area contributed by atoms with Gasteiger partial charge in [0.15, 0.2) is 0 Å². The molecule has 7 heteroatoms. The summed E-state index contributed by atoms with van der Waals surface area (Å²) < 4.78 is 1.96. The molecule has 1 heterocycles. The predicted molar refractivity (Wildman–Crippen MR) is 64.8 cm³/mol. The van der Waals surface area contributed by atoms with Crippen LogP contribution in [-0.2, 0) is 16.1 Å². The highest BCUT2D eigenvalue weighted by molar-refractivity contribution is 7.99. The van der Waals surface area contributed by atoms with E-state index in [1.165, 1.54) is 0 Å². The number of aromatic nitrogens is 2. The van der Waals surface area contributed by atoms with E-state index in [4.69, 9.17) is 5.11 Å². The van der Waals surface area contributed by atoms with Crippen LogP contribution in [0.2, 0.25) is 0 Å². The molecule has 0 fully saturated rings. The summed E-state index contributed by atoms with van der Waals surface area (Å²) in [6.07, 6.45) is 6.21. The van der Waals surface area contributed by atoms with Crippen molar-refractivity contribution in [1.82, 2.24) is 14.9 Å². The Morgan fingerprint density at radius 2 is 2.41 bits per heavy atom. The summed E-state index contributed by atoms with van der Waals surface area (Å²) in [6.45, 7) is 0.851. The fraction of sp³-hybridized carbons (Fsp3) is 0.500. The summed E-state index contributed by atoms with van der Waals surface area (Å²) in [7, 11) is 0. The van der Waals surface area contributed by atoms with Crippen LogP contribution < -0.4 is 5.32 Å². The minimum absolute atomic E-state index is 0.426. The molecule has 94 valence electrons. The molecule has 0 aliphatic rings. The quantitative estimate of drug-likeness (QED) is 0.488. The predicted octanol–water partition coefficient (Wildman–Crippen LogP) is 0.206. The average molecular weight is 257 g/mol. The molecular formula is C10H15N3O3S. The maximum atomic E-state index is 10.7. The lowest BCUT2D eigenvalue weighted by atomic mass is 10.2. The lowest BCUT2D eigenvalue weighted by Gasteiger charge is -2.10. The lowest BCUT2D eigenvalue weighted by molar-refractivity contribution is -0.140. The molecule has 1 aromatic heterocycles. The molecule has 6 nitrogen and oxygen atoms in total. The van der Waals surface area contributed by atoms with E-state index in [0.29, 0.717) is 18.6 Å². The van der Waals surface area contributed by atoms with E-state index in [-0.39, 0.29) is 0 Å². The van der Waals surface area contributed by atoms with E-state index in [9.17, 15) is 9.59 Å². The zero-order valence-electron chi connectivity index (χ0n) is 9.28. The summed E-state index contributed by atoms with van der Waals surface area (Å²) in [5.41, 5.74) is 0. The Bertz CT molecular complexity index is 343. The van der Waals surface area contributed by atoms with E-state index in [0.717, 1.165) is 12.3 Å². The van der Waals surface area contributed by atoms with Crippen molar-refractivity contribution < 1.29 is 14.7 Å². The number of carbonyl (C=O) groups excluding carboxylic acids is 1. The molecule has 0 radical (unpaired) electrons. The Morgan fingerprint density at radius 3 is 3.00 bits per heavy atom. The van der Waals surface area contributed by atoms with Crippen molar-refractivity contribution in [3.63, 3.8) is 0 Å². The maximum absolute atomic E-state index is 10.7. The fourth-order valence-corrected chi connectivity index (χ4v) is 2.20. The van der Waals surface area contributed by atoms with Gasteiger partial charge in [0, 0.05) is 24.7 Å². The van der Waals surface area contributed by atoms with Crippen LogP contribution in [0.4, 0.5) is 0 Å². The second-order valence-corrected chi connectivity index (χ2v) is 4.60. The molecule has 1 aromatic rings. The van der Waals surface area contributed by atoms with E-state index in [1.54, 1.807) is 24.3 Å². The first-order chi connectivity index (χ1) is 8.24. The second-order valence-electron chi connectivity index (χ2n) is 3.38. The van der Waals surface area contributed by atoms with Crippen LogP contribution in [0.15, 0.2) is 18.7 Å². The van der Waals surface area contributed by atoms with Gasteiger partial charge in [0.05, 0.1) is 6.33 Å². The van der Waals surface area contributed by atoms with E-state index >= 15 is 0 Å². The van der Waals surface area contributed by atoms with Crippen molar-refractivity contribution in [1.29, 1.82) is 0 Å². The standard InChI is InChI=1S/C10H15N3O3S/c14-8-12-9(10(15)16)1-5-17-6-4-13-3-2-11-7-13/h2-3,7-9H,1,4-6H2,(H,12,14)(H,15,16). The minimum atomic E-state index is -0.993. The molecule has 1 unspecified atom stereocenters. The van der Waals surface area contributed by atoms with Crippen molar-refractivity contribution >= 4 is 24.1 Å². The SMILES string of the molecule is O=CNC(CCSCCn1ccnc1)C(=O)O. The van der Waals surface area contributed by atoms with Crippen LogP contribution in [0.5, 0.6) is 0 Å². The zero-order valence-corrected chi connectivity index (χ0v) is 10.1. The number of hydrogen-bond acceptors (Lipinski definition) is 4. The van der Waals surface area contributed by atoms with Gasteiger partial charge in [-0.15, -0.1) is 0 Å². The number of rotatable bonds is 9. The Balaban J connectivity index is 2.10. The first-order valence-corrected chi connectivity index (χ1v) is 6.35. The van der Waals surface area contributed by atoms with Crippen molar-refractivity contribution in [3.8, 4) is 0 Å². The van der Waals surface area contributed by atoms with Gasteiger partial charge < -0.3 is 15.0 Å². The molecular weight excluding hydrogens is 242 g/mol. The molecule has 0 bridgehead atoms. The first kappa shape index (κ1) is 13.6. The van der Waals surface area contributed by atoms with Crippen molar-refractivity contribution in [3.05, 3.63) is 18.7 Å². The third kappa shape index (κ3) is 5.39. The Hall–Kier alpha value is -1.50. The number of aryl methyl sites for hydroxylation is 1. The van der Waals surface area contributed by atoms with Crippen molar-refractivity contribution in [2.24, 2.45) is 0 Å². The largest absolute Gasteiger partial charge is 0.480 e. The molecule has 1 rings (SSSR count). The number of hydrogen-bond donors (Lipinski definition) is 2. The molecule has 0 aliphatic heterocycles. The normalized spacial score (nSPS) is 12.0. The van der Waals surface area contributed by atoms with Crippen molar-refractivity contribution in [2.45, 2.75) is 19.0 Å². The van der Waals surface area contributed by atoms with Crippen LogP contribution in [0.3, 0.4) is 0 Å². The molecule has 0 spiro atoms. The van der Waals surface area contributed by atoms with Gasteiger partial charge in [-0.25, -0.2) is 9.78 Å². The Labute approximate surface area is 103 Å². The van der Waals surface area contributed by atoms with Gasteiger partial charge >= 0.3 is 5.97 Å². The van der Waals surface area contributed by atoms with E-state index in [1.807, 2.05) is 10.8 Å². The molecule has 17 heavy (non-hydrogen) atoms. The number of aliphatic carboxylic acids is 1. The molecule has 1 atom stereocenters. The summed E-state index contributed by atoms with van der Waals surface area (Å²) in [4.78, 5) is 24.8. The molecule has 1 amide bonds. The summed E-state index contributed by atoms with van der Waals surface area (Å²) in [5.74, 6) is 0.600. The number of carbonyl (C=O) groups is 2. The number of carboxylic acid groups (broad SMARTS) is 1. The third-order valence-electron chi connectivity index (χ3n) is 2.17. The van der Waals surface area contributed by atoms with Gasteiger partial charge in [-0.05, 0) is 12.2 Å². The smallest absolute Gasteiger partial charge is 0.326 e. The molecule has 0 aromatic carbocycles. The topological polar surface area (TPSA) is 84.2 Å². The van der Waals surface area contributed by atoms with Gasteiger partial charge in [-0.1, -0.05) is 0 Å². The van der Waals surface area contributed by atoms with Crippen LogP contribution in [-0.4, -0.2) is 44.6 Å². The maximum Gasteiger partial charge on any atom is 0.326 e. The van der Waals surface area contributed by atoms with Crippen molar-refractivity contribution in [2.75, 3.05) is 11.5 Å². The van der Waals surface area contributed by atoms with Gasteiger partial charge in [0.2, 0.25) is 6.41 Å². The first-order valence-electron chi connectivity index (χ1n) is 5.20. The van der Waals surface area contributed by atoms with E-state index < -0.39 is 12.0 Å². The van der Waals surface area contributed by atoms with Crippen LogP contribution in [0.25, 0.3) is 0 Å². The van der Waals surface area contributed by atoms with Crippen LogP contribution >= 0.6 is 11.8 Å². The summed E-state index contributed by atoms with van der Waals surface area (Å²) in [5, 5.41) is 11.0. The van der Waals surface area contributed by atoms with Gasteiger partial charge in [0.25, 0.3) is 0 Å². The number of thioether (sulfide) groups is 1. The molecule has 0 aliphatic carbocycles. The number of amides is 1. The highest BCUT2D eigenvalue weighted by Gasteiger charge is 2.15. The highest BCUT2D eigenvalue weighted by atomic mass is 32.2. The third-order valence-corrected chi connectivity index (χ3v) is 3.17. The number of nitrogens with one attached hydrogen (secondary N) is 1. The monoisotopic (exact) mass is 257 g/mol. The van der Waals surface area contributed by atoms with Gasteiger partial charge in [0.1, 0.15) is 6.04 Å². The summed E-state index contributed by atoms with van der Waals surface area (Å²) in [6, 6.07) is -0.784. The fourth-order valence-electron chi connectivity index (χ4n) is 1.25. The summed E-state index contributed by atoms with van der Waals surface area (Å²) >= 11 is 1.66. The molecule has 2 N–H and O–H groups in total. The average Bonchev–Trinajstić information content (AvgIpc) is 2.80. The van der Waals surface area contributed by atoms with Crippen LogP contribution in [0.1, 0.15) is 6.42 Å². The molecule has 0 saturated carbocycles. The zero-order chi connectivity index (χ0) is 12.5. The van der Waals surface area contributed by atoms with Crippen LogP contribution in [0, 0.1) is 0 Å². The van der Waals surface area contributed by atoms with Gasteiger partial charge in [-0.2, -0.15) is 11.8 Å².